The Bertz CT molecular complexity index is 457. The van der Waals surface area contributed by atoms with Crippen LogP contribution in [-0.4, -0.2) is 24.0 Å². The minimum Gasteiger partial charge on any atom is -0.497 e. The molecule has 0 aliphatic rings. The Morgan fingerprint density at radius 1 is 1.29 bits per heavy atom. The van der Waals surface area contributed by atoms with E-state index in [1.165, 1.54) is 5.56 Å². The van der Waals surface area contributed by atoms with Gasteiger partial charge in [0.2, 0.25) is 0 Å². The van der Waals surface area contributed by atoms with Gasteiger partial charge in [-0.25, -0.2) is 0 Å². The predicted octanol–water partition coefficient (Wildman–Crippen LogP) is 2.82. The van der Waals surface area contributed by atoms with Crippen LogP contribution in [0.2, 0.25) is 0 Å². The van der Waals surface area contributed by atoms with Crippen LogP contribution in [0.25, 0.3) is 0 Å². The lowest BCUT2D eigenvalue weighted by molar-refractivity contribution is -0.137. The molecule has 1 rings (SSSR count). The molecule has 0 amide bonds. The highest BCUT2D eigenvalue weighted by Crippen LogP contribution is 2.22. The van der Waals surface area contributed by atoms with Crippen molar-refractivity contribution in [1.29, 1.82) is 5.41 Å². The van der Waals surface area contributed by atoms with E-state index in [1.807, 2.05) is 24.3 Å². The Balaban J connectivity index is 2.56. The maximum atomic E-state index is 10.6. The van der Waals surface area contributed by atoms with Crippen LogP contribution < -0.4 is 10.5 Å². The molecule has 4 N–H and O–H groups in total. The molecule has 1 aromatic carbocycles. The third kappa shape index (κ3) is 7.34. The number of ether oxygens (including phenoxy) is 1. The number of nitrogens with one attached hydrogen (secondary N) is 1. The predicted molar refractivity (Wildman–Crippen MR) is 82.8 cm³/mol. The van der Waals surface area contributed by atoms with Crippen molar-refractivity contribution in [3.8, 4) is 5.75 Å². The van der Waals surface area contributed by atoms with E-state index in [2.05, 4.69) is 0 Å². The summed E-state index contributed by atoms with van der Waals surface area (Å²) >= 11 is 0. The monoisotopic (exact) mass is 292 g/mol. The van der Waals surface area contributed by atoms with Crippen molar-refractivity contribution in [2.75, 3.05) is 7.11 Å². The number of amidine groups is 1. The fourth-order valence-corrected chi connectivity index (χ4v) is 2.35. The Hall–Kier alpha value is -2.04. The summed E-state index contributed by atoms with van der Waals surface area (Å²) in [6, 6.07) is 7.90. The van der Waals surface area contributed by atoms with E-state index >= 15 is 0 Å². The van der Waals surface area contributed by atoms with E-state index in [0.717, 1.165) is 25.0 Å². The van der Waals surface area contributed by atoms with Gasteiger partial charge in [-0.2, -0.15) is 0 Å². The van der Waals surface area contributed by atoms with E-state index in [9.17, 15) is 4.79 Å². The molecule has 0 saturated carbocycles. The molecule has 1 aromatic rings. The smallest absolute Gasteiger partial charge is 0.303 e. The van der Waals surface area contributed by atoms with Gasteiger partial charge in [0.05, 0.1) is 12.9 Å². The Morgan fingerprint density at radius 3 is 2.48 bits per heavy atom. The summed E-state index contributed by atoms with van der Waals surface area (Å²) < 4.78 is 5.13. The zero-order valence-corrected chi connectivity index (χ0v) is 12.5. The Labute approximate surface area is 125 Å². The second kappa shape index (κ2) is 9.00. The molecule has 0 aromatic heterocycles. The number of rotatable bonds is 10. The van der Waals surface area contributed by atoms with Gasteiger partial charge in [0.25, 0.3) is 0 Å². The molecule has 0 radical (unpaired) electrons. The van der Waals surface area contributed by atoms with Gasteiger partial charge < -0.3 is 15.6 Å². The van der Waals surface area contributed by atoms with Gasteiger partial charge in [0, 0.05) is 12.8 Å². The van der Waals surface area contributed by atoms with Gasteiger partial charge in [0.1, 0.15) is 5.75 Å². The lowest BCUT2D eigenvalue weighted by atomic mass is 9.90. The van der Waals surface area contributed by atoms with Gasteiger partial charge in [-0.3, -0.25) is 10.2 Å². The van der Waals surface area contributed by atoms with Crippen LogP contribution in [0.4, 0.5) is 0 Å². The fourth-order valence-electron chi connectivity index (χ4n) is 2.35. The lowest BCUT2D eigenvalue weighted by Crippen LogP contribution is -2.14. The van der Waals surface area contributed by atoms with Crippen molar-refractivity contribution in [2.45, 2.75) is 38.5 Å². The normalized spacial score (nSPS) is 11.9. The lowest BCUT2D eigenvalue weighted by Gasteiger charge is -2.16. The van der Waals surface area contributed by atoms with Crippen molar-refractivity contribution >= 4 is 11.8 Å². The highest BCUT2D eigenvalue weighted by atomic mass is 16.5. The van der Waals surface area contributed by atoms with E-state index in [0.29, 0.717) is 18.8 Å². The zero-order valence-electron chi connectivity index (χ0n) is 12.5. The number of carboxylic acid groups (broad SMARTS) is 1. The maximum absolute atomic E-state index is 10.6. The molecule has 5 nitrogen and oxygen atoms in total. The molecule has 21 heavy (non-hydrogen) atoms. The first-order valence-corrected chi connectivity index (χ1v) is 7.19. The number of nitrogens with two attached hydrogens (primary N) is 1. The van der Waals surface area contributed by atoms with Gasteiger partial charge >= 0.3 is 5.97 Å². The summed E-state index contributed by atoms with van der Waals surface area (Å²) in [6.45, 7) is 0. The second-order valence-corrected chi connectivity index (χ2v) is 5.27. The van der Waals surface area contributed by atoms with Crippen molar-refractivity contribution in [2.24, 2.45) is 11.7 Å². The third-order valence-electron chi connectivity index (χ3n) is 3.51. The number of carboxylic acids is 1. The molecule has 1 atom stereocenters. The average molecular weight is 292 g/mol. The van der Waals surface area contributed by atoms with Gasteiger partial charge in [0.15, 0.2) is 0 Å². The third-order valence-corrected chi connectivity index (χ3v) is 3.51. The molecular formula is C16H24N2O3. The molecule has 5 heteroatoms. The van der Waals surface area contributed by atoms with E-state index < -0.39 is 5.97 Å². The topological polar surface area (TPSA) is 96.4 Å². The summed E-state index contributed by atoms with van der Waals surface area (Å²) in [6.07, 6.45) is 3.95. The average Bonchev–Trinajstić information content (AvgIpc) is 2.45. The highest BCUT2D eigenvalue weighted by molar-refractivity contribution is 5.76. The summed E-state index contributed by atoms with van der Waals surface area (Å²) in [5.74, 6) is 0.601. The second-order valence-electron chi connectivity index (χ2n) is 5.27. The first-order chi connectivity index (χ1) is 10.0. The molecule has 116 valence electrons. The van der Waals surface area contributed by atoms with Crippen molar-refractivity contribution in [1.82, 2.24) is 0 Å². The van der Waals surface area contributed by atoms with Crippen molar-refractivity contribution in [3.63, 3.8) is 0 Å². The summed E-state index contributed by atoms with van der Waals surface area (Å²) in [4.78, 5) is 10.6. The number of hydrogen-bond donors (Lipinski definition) is 3. The molecule has 0 heterocycles. The number of methoxy groups -OCH3 is 1. The SMILES string of the molecule is COc1ccc(CC(CCCC(=O)O)CCC(=N)N)cc1. The van der Waals surface area contributed by atoms with E-state index in [4.69, 9.17) is 21.0 Å². The van der Waals surface area contributed by atoms with Crippen LogP contribution in [0.3, 0.4) is 0 Å². The summed E-state index contributed by atoms with van der Waals surface area (Å²) in [5, 5.41) is 16.1. The van der Waals surface area contributed by atoms with Crippen LogP contribution in [0.5, 0.6) is 5.75 Å². The van der Waals surface area contributed by atoms with Crippen LogP contribution in [0, 0.1) is 11.3 Å². The Kier molecular flexibility index (Phi) is 7.29. The molecule has 0 fully saturated rings. The molecular weight excluding hydrogens is 268 g/mol. The fraction of sp³-hybridized carbons (Fsp3) is 0.500. The van der Waals surface area contributed by atoms with Crippen LogP contribution in [-0.2, 0) is 11.2 Å². The van der Waals surface area contributed by atoms with E-state index in [-0.39, 0.29) is 12.3 Å². The number of aliphatic carboxylic acids is 1. The van der Waals surface area contributed by atoms with E-state index in [1.54, 1.807) is 7.11 Å². The molecule has 0 saturated heterocycles. The standard InChI is InChI=1S/C16H24N2O3/c1-21-14-8-5-13(6-9-14)11-12(7-10-15(17)18)3-2-4-16(19)20/h5-6,8-9,12H,2-4,7,10-11H2,1H3,(H3,17,18)(H,19,20). The Morgan fingerprint density at radius 2 is 1.95 bits per heavy atom. The summed E-state index contributed by atoms with van der Waals surface area (Å²) in [7, 11) is 1.64. The number of benzene rings is 1. The molecule has 0 aliphatic carbocycles. The molecule has 1 unspecified atom stereocenters. The van der Waals surface area contributed by atoms with Crippen LogP contribution in [0.1, 0.15) is 37.7 Å². The maximum Gasteiger partial charge on any atom is 0.303 e. The molecule has 0 spiro atoms. The largest absolute Gasteiger partial charge is 0.497 e. The minimum absolute atomic E-state index is 0.188. The first kappa shape index (κ1) is 17.0. The van der Waals surface area contributed by atoms with Crippen molar-refractivity contribution in [3.05, 3.63) is 29.8 Å². The first-order valence-electron chi connectivity index (χ1n) is 7.19. The van der Waals surface area contributed by atoms with Gasteiger partial charge in [-0.15, -0.1) is 0 Å². The van der Waals surface area contributed by atoms with Crippen LogP contribution >= 0.6 is 0 Å². The van der Waals surface area contributed by atoms with Gasteiger partial charge in [-0.05, 0) is 49.3 Å². The summed E-state index contributed by atoms with van der Waals surface area (Å²) in [5.41, 5.74) is 6.62. The van der Waals surface area contributed by atoms with Gasteiger partial charge in [-0.1, -0.05) is 12.1 Å². The van der Waals surface area contributed by atoms with Crippen LogP contribution in [0.15, 0.2) is 24.3 Å². The quantitative estimate of drug-likeness (QED) is 0.456. The highest BCUT2D eigenvalue weighted by Gasteiger charge is 2.11. The number of carbonyl (C=O) groups is 1. The molecule has 0 aliphatic heterocycles. The molecule has 0 bridgehead atoms. The minimum atomic E-state index is -0.759. The zero-order chi connectivity index (χ0) is 15.7. The number of hydrogen-bond acceptors (Lipinski definition) is 3. The van der Waals surface area contributed by atoms with Crippen molar-refractivity contribution < 1.29 is 14.6 Å².